The van der Waals surface area contributed by atoms with Crippen LogP contribution in [0.2, 0.25) is 0 Å². The Balaban J connectivity index is 5.08. The molecule has 0 fully saturated rings. The lowest BCUT2D eigenvalue weighted by atomic mass is 9.80. The number of hydrogen-bond acceptors (Lipinski definition) is 3. The van der Waals surface area contributed by atoms with Crippen LogP contribution in [0, 0.1) is 5.41 Å². The Morgan fingerprint density at radius 2 is 1.80 bits per heavy atom. The first-order valence-corrected chi connectivity index (χ1v) is 4.74. The first-order valence-electron chi connectivity index (χ1n) is 4.74. The van der Waals surface area contributed by atoms with Crippen LogP contribution in [-0.4, -0.2) is 18.5 Å². The molecule has 0 aliphatic rings. The zero-order valence-electron chi connectivity index (χ0n) is 8.99. The molecule has 2 N–H and O–H groups in total. The predicted octanol–water partition coefficient (Wildman–Crippen LogP) is 1.17. The summed E-state index contributed by atoms with van der Waals surface area (Å²) in [5, 5.41) is 0. The molecule has 0 spiro atoms. The Bertz CT molecular complexity index is 261. The van der Waals surface area contributed by atoms with Gasteiger partial charge in [0.1, 0.15) is 0 Å². The van der Waals surface area contributed by atoms with Gasteiger partial charge in [-0.1, -0.05) is 12.2 Å². The Morgan fingerprint density at radius 3 is 2.07 bits per heavy atom. The van der Waals surface area contributed by atoms with Crippen molar-refractivity contribution in [2.75, 3.05) is 6.61 Å². The maximum atomic E-state index is 11.7. The van der Waals surface area contributed by atoms with Crippen molar-refractivity contribution < 1.29 is 14.3 Å². The summed E-state index contributed by atoms with van der Waals surface area (Å²) in [5.74, 6) is -1.32. The maximum Gasteiger partial charge on any atom is 0.322 e. The van der Waals surface area contributed by atoms with Crippen LogP contribution in [0.15, 0.2) is 25.3 Å². The highest BCUT2D eigenvalue weighted by atomic mass is 16.5. The Morgan fingerprint density at radius 1 is 1.33 bits per heavy atom. The zero-order valence-corrected chi connectivity index (χ0v) is 8.99. The molecule has 1 amide bonds. The fraction of sp³-hybridized carbons (Fsp3) is 0.455. The van der Waals surface area contributed by atoms with Crippen LogP contribution in [0.1, 0.15) is 19.8 Å². The molecule has 0 aromatic heterocycles. The largest absolute Gasteiger partial charge is 0.465 e. The quantitative estimate of drug-likeness (QED) is 0.390. The first-order chi connectivity index (χ1) is 7.05. The summed E-state index contributed by atoms with van der Waals surface area (Å²) < 4.78 is 4.84. The summed E-state index contributed by atoms with van der Waals surface area (Å²) >= 11 is 0. The highest BCUT2D eigenvalue weighted by molar-refractivity contribution is 6.02. The van der Waals surface area contributed by atoms with Gasteiger partial charge < -0.3 is 10.5 Å². The Labute approximate surface area is 89.8 Å². The number of amides is 1. The monoisotopic (exact) mass is 211 g/mol. The molecule has 0 heterocycles. The zero-order chi connectivity index (χ0) is 11.9. The van der Waals surface area contributed by atoms with Crippen LogP contribution in [0.5, 0.6) is 0 Å². The van der Waals surface area contributed by atoms with Crippen LogP contribution >= 0.6 is 0 Å². The average Bonchev–Trinajstić information content (AvgIpc) is 2.17. The van der Waals surface area contributed by atoms with Crippen molar-refractivity contribution >= 4 is 11.9 Å². The van der Waals surface area contributed by atoms with E-state index in [1.807, 2.05) is 0 Å². The molecule has 0 saturated heterocycles. The van der Waals surface area contributed by atoms with E-state index in [1.165, 1.54) is 12.2 Å². The minimum absolute atomic E-state index is 0.160. The highest BCUT2D eigenvalue weighted by Crippen LogP contribution is 2.29. The second-order valence-electron chi connectivity index (χ2n) is 3.15. The SMILES string of the molecule is C=CCC(CC=C)(C(N)=O)C(=O)OCC. The molecular formula is C11H17NO3. The summed E-state index contributed by atoms with van der Waals surface area (Å²) in [5.41, 5.74) is 3.89. The summed E-state index contributed by atoms with van der Waals surface area (Å²) in [6.45, 7) is 8.89. The standard InChI is InChI=1S/C11H17NO3/c1-4-7-11(8-5-2,9(12)13)10(14)15-6-3/h4-5H,1-2,6-8H2,3H3,(H2,12,13). The lowest BCUT2D eigenvalue weighted by Gasteiger charge is -2.25. The number of primary amides is 1. The third kappa shape index (κ3) is 2.94. The number of ether oxygens (including phenoxy) is 1. The van der Waals surface area contributed by atoms with Crippen molar-refractivity contribution in [2.45, 2.75) is 19.8 Å². The van der Waals surface area contributed by atoms with E-state index in [0.717, 1.165) is 0 Å². The van der Waals surface area contributed by atoms with E-state index in [9.17, 15) is 9.59 Å². The molecule has 0 aliphatic heterocycles. The molecule has 0 saturated carbocycles. The molecule has 0 aliphatic carbocycles. The van der Waals surface area contributed by atoms with Crippen molar-refractivity contribution in [3.63, 3.8) is 0 Å². The van der Waals surface area contributed by atoms with E-state index in [1.54, 1.807) is 6.92 Å². The number of nitrogens with two attached hydrogens (primary N) is 1. The van der Waals surface area contributed by atoms with Crippen LogP contribution in [0.4, 0.5) is 0 Å². The molecule has 0 bridgehead atoms. The summed E-state index contributed by atoms with van der Waals surface area (Å²) in [6, 6.07) is 0. The number of hydrogen-bond donors (Lipinski definition) is 1. The minimum Gasteiger partial charge on any atom is -0.465 e. The smallest absolute Gasteiger partial charge is 0.322 e. The van der Waals surface area contributed by atoms with Crippen molar-refractivity contribution in [3.8, 4) is 0 Å². The van der Waals surface area contributed by atoms with Gasteiger partial charge in [0, 0.05) is 0 Å². The molecule has 15 heavy (non-hydrogen) atoms. The molecule has 0 atom stereocenters. The van der Waals surface area contributed by atoms with E-state index in [-0.39, 0.29) is 19.4 Å². The second-order valence-corrected chi connectivity index (χ2v) is 3.15. The lowest BCUT2D eigenvalue weighted by molar-refractivity contribution is -0.159. The van der Waals surface area contributed by atoms with E-state index >= 15 is 0 Å². The minimum atomic E-state index is -1.35. The van der Waals surface area contributed by atoms with Gasteiger partial charge in [-0.3, -0.25) is 9.59 Å². The summed E-state index contributed by atoms with van der Waals surface area (Å²) in [7, 11) is 0. The van der Waals surface area contributed by atoms with Crippen molar-refractivity contribution in [1.82, 2.24) is 0 Å². The predicted molar refractivity (Wildman–Crippen MR) is 57.9 cm³/mol. The van der Waals surface area contributed by atoms with E-state index < -0.39 is 17.3 Å². The molecule has 0 aromatic rings. The molecule has 0 unspecified atom stereocenters. The van der Waals surface area contributed by atoms with E-state index in [0.29, 0.717) is 0 Å². The average molecular weight is 211 g/mol. The van der Waals surface area contributed by atoms with Gasteiger partial charge in [-0.05, 0) is 19.8 Å². The highest BCUT2D eigenvalue weighted by Gasteiger charge is 2.43. The van der Waals surface area contributed by atoms with Crippen LogP contribution in [0.25, 0.3) is 0 Å². The molecule has 0 aromatic carbocycles. The molecule has 0 rings (SSSR count). The Hall–Kier alpha value is -1.58. The lowest BCUT2D eigenvalue weighted by Crippen LogP contribution is -2.44. The van der Waals surface area contributed by atoms with Gasteiger partial charge in [0.25, 0.3) is 0 Å². The third-order valence-corrected chi connectivity index (χ3v) is 2.12. The fourth-order valence-corrected chi connectivity index (χ4v) is 1.31. The van der Waals surface area contributed by atoms with E-state index in [4.69, 9.17) is 10.5 Å². The van der Waals surface area contributed by atoms with Gasteiger partial charge in [-0.2, -0.15) is 0 Å². The van der Waals surface area contributed by atoms with Crippen molar-refractivity contribution in [3.05, 3.63) is 25.3 Å². The summed E-state index contributed by atoms with van der Waals surface area (Å²) in [4.78, 5) is 23.0. The van der Waals surface area contributed by atoms with Crippen LogP contribution in [-0.2, 0) is 14.3 Å². The number of carbonyl (C=O) groups is 2. The van der Waals surface area contributed by atoms with Gasteiger partial charge in [0.2, 0.25) is 5.91 Å². The molecule has 84 valence electrons. The van der Waals surface area contributed by atoms with Gasteiger partial charge in [-0.15, -0.1) is 13.2 Å². The van der Waals surface area contributed by atoms with Gasteiger partial charge in [-0.25, -0.2) is 0 Å². The van der Waals surface area contributed by atoms with Crippen molar-refractivity contribution in [1.29, 1.82) is 0 Å². The topological polar surface area (TPSA) is 69.4 Å². The van der Waals surface area contributed by atoms with Crippen LogP contribution < -0.4 is 5.73 Å². The first kappa shape index (κ1) is 13.4. The number of esters is 1. The number of rotatable bonds is 7. The molecule has 4 heteroatoms. The number of allylic oxidation sites excluding steroid dienone is 2. The van der Waals surface area contributed by atoms with Crippen molar-refractivity contribution in [2.24, 2.45) is 11.1 Å². The fourth-order valence-electron chi connectivity index (χ4n) is 1.31. The normalized spacial score (nSPS) is 10.5. The maximum absolute atomic E-state index is 11.7. The van der Waals surface area contributed by atoms with Gasteiger partial charge in [0.05, 0.1) is 6.61 Å². The molecule has 4 nitrogen and oxygen atoms in total. The molecular weight excluding hydrogens is 194 g/mol. The van der Waals surface area contributed by atoms with Gasteiger partial charge in [0.15, 0.2) is 5.41 Å². The number of carbonyl (C=O) groups excluding carboxylic acids is 2. The third-order valence-electron chi connectivity index (χ3n) is 2.12. The second kappa shape index (κ2) is 6.01. The van der Waals surface area contributed by atoms with Gasteiger partial charge >= 0.3 is 5.97 Å². The van der Waals surface area contributed by atoms with Crippen LogP contribution in [0.3, 0.4) is 0 Å². The Kier molecular flexibility index (Phi) is 5.37. The summed E-state index contributed by atoms with van der Waals surface area (Å²) in [6.07, 6.45) is 3.27. The van der Waals surface area contributed by atoms with E-state index in [2.05, 4.69) is 13.2 Å². The molecule has 0 radical (unpaired) electrons.